The van der Waals surface area contributed by atoms with Gasteiger partial charge in [0.2, 0.25) is 0 Å². The van der Waals surface area contributed by atoms with Gasteiger partial charge in [-0.15, -0.1) is 0 Å². The standard InChI is InChI=1S/C18H14ClF2NO3/c1-10(23)14(7-11-3-5-13(20)9-15(11)21)18(24)22-16-8-12(19)4-6-17(16)25-2/h3-9H,1-2H3,(H,22,24)/b14-7+. The van der Waals surface area contributed by atoms with Crippen LogP contribution < -0.4 is 10.1 Å². The number of carbonyl (C=O) groups is 2. The number of ketones is 1. The van der Waals surface area contributed by atoms with Crippen LogP contribution >= 0.6 is 11.6 Å². The normalized spacial score (nSPS) is 11.2. The van der Waals surface area contributed by atoms with Crippen molar-refractivity contribution in [2.24, 2.45) is 0 Å². The Morgan fingerprint density at radius 1 is 1.16 bits per heavy atom. The summed E-state index contributed by atoms with van der Waals surface area (Å²) in [5, 5.41) is 2.86. The Labute approximate surface area is 148 Å². The first kappa shape index (κ1) is 18.6. The van der Waals surface area contributed by atoms with Crippen LogP contribution in [0.25, 0.3) is 6.08 Å². The fraction of sp³-hybridized carbons (Fsp3) is 0.111. The van der Waals surface area contributed by atoms with E-state index in [1.807, 2.05) is 0 Å². The summed E-state index contributed by atoms with van der Waals surface area (Å²) in [6, 6.07) is 7.42. The van der Waals surface area contributed by atoms with Gasteiger partial charge >= 0.3 is 0 Å². The largest absolute Gasteiger partial charge is 0.495 e. The number of nitrogens with one attached hydrogen (secondary N) is 1. The molecule has 0 saturated carbocycles. The molecular formula is C18H14ClF2NO3. The lowest BCUT2D eigenvalue weighted by Crippen LogP contribution is -2.19. The fourth-order valence-corrected chi connectivity index (χ4v) is 2.24. The number of hydrogen-bond acceptors (Lipinski definition) is 3. The van der Waals surface area contributed by atoms with Crippen molar-refractivity contribution < 1.29 is 23.1 Å². The molecule has 0 aliphatic rings. The van der Waals surface area contributed by atoms with Gasteiger partial charge in [0.1, 0.15) is 17.4 Å². The number of ether oxygens (including phenoxy) is 1. The van der Waals surface area contributed by atoms with Crippen LogP contribution in [0, 0.1) is 11.6 Å². The van der Waals surface area contributed by atoms with Crippen LogP contribution in [0.2, 0.25) is 5.02 Å². The van der Waals surface area contributed by atoms with Crippen LogP contribution in [0.5, 0.6) is 5.75 Å². The molecule has 0 aliphatic carbocycles. The number of carbonyl (C=O) groups excluding carboxylic acids is 2. The van der Waals surface area contributed by atoms with E-state index in [1.54, 1.807) is 12.1 Å². The average Bonchev–Trinajstić information content (AvgIpc) is 2.53. The third kappa shape index (κ3) is 4.64. The lowest BCUT2D eigenvalue weighted by molar-refractivity contribution is -0.118. The van der Waals surface area contributed by atoms with E-state index in [1.165, 1.54) is 20.1 Å². The molecule has 0 atom stereocenters. The van der Waals surface area contributed by atoms with Gasteiger partial charge < -0.3 is 10.1 Å². The van der Waals surface area contributed by atoms with E-state index in [0.29, 0.717) is 16.8 Å². The van der Waals surface area contributed by atoms with E-state index in [0.717, 1.165) is 18.2 Å². The molecule has 0 unspecified atom stereocenters. The highest BCUT2D eigenvalue weighted by molar-refractivity contribution is 6.31. The number of benzene rings is 2. The third-order valence-electron chi connectivity index (χ3n) is 3.30. The van der Waals surface area contributed by atoms with Crippen molar-refractivity contribution in [2.75, 3.05) is 12.4 Å². The van der Waals surface area contributed by atoms with Crippen molar-refractivity contribution in [2.45, 2.75) is 6.92 Å². The molecule has 0 radical (unpaired) electrons. The van der Waals surface area contributed by atoms with E-state index in [9.17, 15) is 18.4 Å². The summed E-state index contributed by atoms with van der Waals surface area (Å²) >= 11 is 5.89. The summed E-state index contributed by atoms with van der Waals surface area (Å²) < 4.78 is 31.9. The Balaban J connectivity index is 2.38. The van der Waals surface area contributed by atoms with Crippen LogP contribution in [0.3, 0.4) is 0 Å². The van der Waals surface area contributed by atoms with E-state index in [2.05, 4.69) is 5.32 Å². The van der Waals surface area contributed by atoms with E-state index >= 15 is 0 Å². The molecule has 0 aromatic heterocycles. The van der Waals surface area contributed by atoms with Gasteiger partial charge in [0.15, 0.2) is 5.78 Å². The van der Waals surface area contributed by atoms with Gasteiger partial charge in [-0.2, -0.15) is 0 Å². The second-order valence-corrected chi connectivity index (χ2v) is 5.52. The summed E-state index contributed by atoms with van der Waals surface area (Å²) in [7, 11) is 1.41. The van der Waals surface area contributed by atoms with Gasteiger partial charge in [0.25, 0.3) is 5.91 Å². The van der Waals surface area contributed by atoms with Gasteiger partial charge in [-0.1, -0.05) is 11.6 Å². The fourth-order valence-electron chi connectivity index (χ4n) is 2.07. The predicted octanol–water partition coefficient (Wildman–Crippen LogP) is 4.24. The maximum atomic E-state index is 13.8. The third-order valence-corrected chi connectivity index (χ3v) is 3.53. The van der Waals surface area contributed by atoms with Crippen molar-refractivity contribution >= 4 is 35.1 Å². The molecule has 0 fully saturated rings. The molecule has 1 amide bonds. The molecule has 2 aromatic rings. The number of rotatable bonds is 5. The van der Waals surface area contributed by atoms with Crippen molar-refractivity contribution in [1.82, 2.24) is 0 Å². The number of Topliss-reactive ketones (excluding diaryl/α,β-unsaturated/α-hetero) is 1. The van der Waals surface area contributed by atoms with Gasteiger partial charge in [-0.05, 0) is 43.3 Å². The molecule has 2 rings (SSSR count). The average molecular weight is 366 g/mol. The quantitative estimate of drug-likeness (QED) is 0.490. The Morgan fingerprint density at radius 3 is 2.48 bits per heavy atom. The summed E-state index contributed by atoms with van der Waals surface area (Å²) in [6.45, 7) is 1.17. The highest BCUT2D eigenvalue weighted by Crippen LogP contribution is 2.28. The minimum absolute atomic E-state index is 0.0835. The molecule has 1 N–H and O–H groups in total. The highest BCUT2D eigenvalue weighted by Gasteiger charge is 2.18. The number of anilines is 1. The van der Waals surface area contributed by atoms with Crippen molar-refractivity contribution in [3.05, 3.63) is 64.2 Å². The zero-order chi connectivity index (χ0) is 18.6. The Hall–Kier alpha value is -2.73. The molecule has 0 saturated heterocycles. The number of amides is 1. The first-order chi connectivity index (χ1) is 11.8. The molecule has 0 spiro atoms. The van der Waals surface area contributed by atoms with Crippen molar-refractivity contribution in [3.63, 3.8) is 0 Å². The molecular weight excluding hydrogens is 352 g/mol. The Kier molecular flexibility index (Phi) is 5.88. The Bertz CT molecular complexity index is 865. The first-order valence-corrected chi connectivity index (χ1v) is 7.52. The smallest absolute Gasteiger partial charge is 0.259 e. The summed E-state index contributed by atoms with van der Waals surface area (Å²) in [6.07, 6.45) is 1.06. The summed E-state index contributed by atoms with van der Waals surface area (Å²) in [5.41, 5.74) is -0.126. The second kappa shape index (κ2) is 7.90. The zero-order valence-corrected chi connectivity index (χ0v) is 14.2. The number of hydrogen-bond donors (Lipinski definition) is 1. The van der Waals surface area contributed by atoms with Crippen molar-refractivity contribution in [3.8, 4) is 5.75 Å². The van der Waals surface area contributed by atoms with Crippen LogP contribution in [0.4, 0.5) is 14.5 Å². The van der Waals surface area contributed by atoms with Gasteiger partial charge in [-0.3, -0.25) is 9.59 Å². The first-order valence-electron chi connectivity index (χ1n) is 7.14. The van der Waals surface area contributed by atoms with Crippen LogP contribution in [0.15, 0.2) is 42.0 Å². The van der Waals surface area contributed by atoms with Crippen molar-refractivity contribution in [1.29, 1.82) is 0 Å². The predicted molar refractivity (Wildman–Crippen MR) is 91.6 cm³/mol. The molecule has 130 valence electrons. The van der Waals surface area contributed by atoms with E-state index in [4.69, 9.17) is 16.3 Å². The molecule has 25 heavy (non-hydrogen) atoms. The summed E-state index contributed by atoms with van der Waals surface area (Å²) in [4.78, 5) is 24.2. The van der Waals surface area contributed by atoms with Gasteiger partial charge in [-0.25, -0.2) is 8.78 Å². The van der Waals surface area contributed by atoms with Crippen LogP contribution in [-0.4, -0.2) is 18.8 Å². The molecule has 2 aromatic carbocycles. The zero-order valence-electron chi connectivity index (χ0n) is 13.4. The maximum Gasteiger partial charge on any atom is 0.259 e. The molecule has 0 bridgehead atoms. The van der Waals surface area contributed by atoms with E-state index in [-0.39, 0.29) is 16.8 Å². The number of halogens is 3. The topological polar surface area (TPSA) is 55.4 Å². The highest BCUT2D eigenvalue weighted by atomic mass is 35.5. The maximum absolute atomic E-state index is 13.8. The second-order valence-electron chi connectivity index (χ2n) is 5.08. The lowest BCUT2D eigenvalue weighted by Gasteiger charge is -2.11. The van der Waals surface area contributed by atoms with Crippen LogP contribution in [0.1, 0.15) is 12.5 Å². The molecule has 7 heteroatoms. The lowest BCUT2D eigenvalue weighted by atomic mass is 10.1. The molecule has 4 nitrogen and oxygen atoms in total. The summed E-state index contributed by atoms with van der Waals surface area (Å²) in [5.74, 6) is -2.65. The van der Waals surface area contributed by atoms with Crippen LogP contribution in [-0.2, 0) is 9.59 Å². The SMILES string of the molecule is COc1ccc(Cl)cc1NC(=O)/C(=C/c1ccc(F)cc1F)C(C)=O. The minimum Gasteiger partial charge on any atom is -0.495 e. The number of methoxy groups -OCH3 is 1. The Morgan fingerprint density at radius 2 is 1.88 bits per heavy atom. The molecule has 0 aliphatic heterocycles. The van der Waals surface area contributed by atoms with Gasteiger partial charge in [0, 0.05) is 16.7 Å². The minimum atomic E-state index is -0.883. The van der Waals surface area contributed by atoms with Gasteiger partial charge in [0.05, 0.1) is 18.4 Å². The molecule has 0 heterocycles. The van der Waals surface area contributed by atoms with E-state index < -0.39 is 23.3 Å². The monoisotopic (exact) mass is 365 g/mol.